The van der Waals surface area contributed by atoms with Crippen molar-refractivity contribution in [2.45, 2.75) is 6.54 Å². The van der Waals surface area contributed by atoms with E-state index in [2.05, 4.69) is 25.1 Å². The minimum atomic E-state index is 0.719. The van der Waals surface area contributed by atoms with Crippen molar-refractivity contribution in [1.29, 1.82) is 0 Å². The summed E-state index contributed by atoms with van der Waals surface area (Å²) in [4.78, 5) is 18.2. The number of methoxy groups -OCH3 is 2. The van der Waals surface area contributed by atoms with Crippen molar-refractivity contribution >= 4 is 17.3 Å². The zero-order chi connectivity index (χ0) is 19.3. The first-order valence-corrected chi connectivity index (χ1v) is 10.1. The Morgan fingerprint density at radius 2 is 1.75 bits per heavy atom. The smallest absolute Gasteiger partial charge is 0.225 e. The van der Waals surface area contributed by atoms with E-state index in [1.807, 2.05) is 24.3 Å². The van der Waals surface area contributed by atoms with Crippen LogP contribution in [0.1, 0.15) is 5.69 Å². The molecule has 2 aromatic heterocycles. The molecule has 0 radical (unpaired) electrons. The summed E-state index contributed by atoms with van der Waals surface area (Å²) >= 11 is 1.66. The van der Waals surface area contributed by atoms with Crippen molar-refractivity contribution in [3.8, 4) is 22.1 Å². The predicted octanol–water partition coefficient (Wildman–Crippen LogP) is 2.94. The third-order valence-electron chi connectivity index (χ3n) is 4.78. The van der Waals surface area contributed by atoms with Crippen LogP contribution >= 0.6 is 11.3 Å². The first kappa shape index (κ1) is 18.6. The molecule has 146 valence electrons. The van der Waals surface area contributed by atoms with Gasteiger partial charge in [-0.05, 0) is 24.3 Å². The monoisotopic (exact) mass is 397 g/mol. The van der Waals surface area contributed by atoms with Gasteiger partial charge in [-0.1, -0.05) is 0 Å². The lowest BCUT2D eigenvalue weighted by molar-refractivity contribution is 0.246. The fourth-order valence-electron chi connectivity index (χ4n) is 3.27. The van der Waals surface area contributed by atoms with Crippen LogP contribution in [0.2, 0.25) is 0 Å². The van der Waals surface area contributed by atoms with E-state index in [9.17, 15) is 0 Å². The lowest BCUT2D eigenvalue weighted by Crippen LogP contribution is -2.46. The van der Waals surface area contributed by atoms with Gasteiger partial charge in [0.15, 0.2) is 11.5 Å². The Labute approximate surface area is 168 Å². The molecule has 1 aliphatic heterocycles. The van der Waals surface area contributed by atoms with Crippen LogP contribution in [0.25, 0.3) is 10.6 Å². The fourth-order valence-corrected chi connectivity index (χ4v) is 4.08. The molecule has 3 heterocycles. The second-order valence-corrected chi connectivity index (χ2v) is 7.38. The molecule has 0 amide bonds. The Morgan fingerprint density at radius 1 is 1.00 bits per heavy atom. The number of ether oxygens (including phenoxy) is 2. The van der Waals surface area contributed by atoms with E-state index >= 15 is 0 Å². The van der Waals surface area contributed by atoms with Gasteiger partial charge in [-0.15, -0.1) is 11.3 Å². The number of hydrogen-bond acceptors (Lipinski definition) is 8. The van der Waals surface area contributed by atoms with Gasteiger partial charge in [0, 0.05) is 56.1 Å². The fraction of sp³-hybridized carbons (Fsp3) is 0.350. The van der Waals surface area contributed by atoms with Crippen molar-refractivity contribution in [2.24, 2.45) is 0 Å². The highest BCUT2D eigenvalue weighted by atomic mass is 32.1. The number of thiazole rings is 1. The van der Waals surface area contributed by atoms with E-state index in [1.165, 1.54) is 0 Å². The molecule has 1 aliphatic rings. The molecular formula is C20H23N5O2S. The van der Waals surface area contributed by atoms with Gasteiger partial charge < -0.3 is 14.4 Å². The normalized spacial score (nSPS) is 14.9. The Kier molecular flexibility index (Phi) is 5.68. The van der Waals surface area contributed by atoms with Crippen LogP contribution in [-0.4, -0.2) is 60.3 Å². The van der Waals surface area contributed by atoms with Crippen LogP contribution in [0.15, 0.2) is 42.0 Å². The number of benzene rings is 1. The van der Waals surface area contributed by atoms with Crippen molar-refractivity contribution in [1.82, 2.24) is 19.9 Å². The molecule has 3 aromatic rings. The van der Waals surface area contributed by atoms with Gasteiger partial charge in [0.2, 0.25) is 5.95 Å². The summed E-state index contributed by atoms with van der Waals surface area (Å²) in [6.07, 6.45) is 3.58. The average molecular weight is 398 g/mol. The number of aromatic nitrogens is 3. The minimum absolute atomic E-state index is 0.719. The van der Waals surface area contributed by atoms with Crippen molar-refractivity contribution in [2.75, 3.05) is 45.3 Å². The van der Waals surface area contributed by atoms with E-state index in [0.29, 0.717) is 0 Å². The first-order valence-electron chi connectivity index (χ1n) is 9.18. The third kappa shape index (κ3) is 4.07. The number of rotatable bonds is 6. The van der Waals surface area contributed by atoms with Crippen molar-refractivity contribution in [3.05, 3.63) is 47.7 Å². The molecule has 1 fully saturated rings. The molecule has 0 unspecified atom stereocenters. The molecule has 0 aliphatic carbocycles. The topological polar surface area (TPSA) is 63.6 Å². The highest BCUT2D eigenvalue weighted by Crippen LogP contribution is 2.33. The summed E-state index contributed by atoms with van der Waals surface area (Å²) in [7, 11) is 3.29. The maximum Gasteiger partial charge on any atom is 0.225 e. The highest BCUT2D eigenvalue weighted by molar-refractivity contribution is 7.13. The zero-order valence-electron chi connectivity index (χ0n) is 16.0. The van der Waals surface area contributed by atoms with E-state index < -0.39 is 0 Å². The van der Waals surface area contributed by atoms with Crippen LogP contribution in [0.3, 0.4) is 0 Å². The van der Waals surface area contributed by atoms with Gasteiger partial charge in [-0.2, -0.15) is 0 Å². The average Bonchev–Trinajstić information content (AvgIpc) is 3.23. The molecule has 1 aromatic carbocycles. The first-order chi connectivity index (χ1) is 13.8. The standard InChI is InChI=1S/C20H23N5O2S/c1-26-17-5-4-15(12-18(17)27-2)19-23-16(14-28-19)13-24-8-10-25(11-9-24)20-21-6-3-7-22-20/h3-7,12,14H,8-11,13H2,1-2H3. The minimum Gasteiger partial charge on any atom is -0.493 e. The lowest BCUT2D eigenvalue weighted by Gasteiger charge is -2.34. The maximum atomic E-state index is 5.40. The quantitative estimate of drug-likeness (QED) is 0.634. The van der Waals surface area contributed by atoms with E-state index in [4.69, 9.17) is 14.5 Å². The van der Waals surface area contributed by atoms with Crippen LogP contribution in [0.5, 0.6) is 11.5 Å². The van der Waals surface area contributed by atoms with Gasteiger partial charge in [0.25, 0.3) is 0 Å². The second-order valence-electron chi connectivity index (χ2n) is 6.53. The van der Waals surface area contributed by atoms with Gasteiger partial charge in [-0.25, -0.2) is 15.0 Å². The second kappa shape index (κ2) is 8.53. The van der Waals surface area contributed by atoms with Crippen molar-refractivity contribution in [3.63, 3.8) is 0 Å². The van der Waals surface area contributed by atoms with Crippen LogP contribution in [0.4, 0.5) is 5.95 Å². The maximum absolute atomic E-state index is 5.40. The molecule has 0 saturated carbocycles. The summed E-state index contributed by atoms with van der Waals surface area (Å²) in [5, 5.41) is 3.13. The molecule has 0 N–H and O–H groups in total. The molecule has 0 atom stereocenters. The summed E-state index contributed by atoms with van der Waals surface area (Å²) in [6, 6.07) is 7.75. The van der Waals surface area contributed by atoms with E-state index in [0.717, 1.165) is 66.4 Å². The number of hydrogen-bond donors (Lipinski definition) is 0. The molecule has 4 rings (SSSR count). The Morgan fingerprint density at radius 3 is 2.46 bits per heavy atom. The van der Waals surface area contributed by atoms with Gasteiger partial charge >= 0.3 is 0 Å². The number of piperazine rings is 1. The number of nitrogens with zero attached hydrogens (tertiary/aromatic N) is 5. The highest BCUT2D eigenvalue weighted by Gasteiger charge is 2.19. The predicted molar refractivity (Wildman–Crippen MR) is 110 cm³/mol. The van der Waals surface area contributed by atoms with E-state index in [-0.39, 0.29) is 0 Å². The van der Waals surface area contributed by atoms with Gasteiger partial charge in [-0.3, -0.25) is 4.90 Å². The van der Waals surface area contributed by atoms with E-state index in [1.54, 1.807) is 38.0 Å². The zero-order valence-corrected chi connectivity index (χ0v) is 16.9. The number of anilines is 1. The molecule has 0 bridgehead atoms. The molecule has 7 nitrogen and oxygen atoms in total. The lowest BCUT2D eigenvalue weighted by atomic mass is 10.2. The molecular weight excluding hydrogens is 374 g/mol. The largest absolute Gasteiger partial charge is 0.493 e. The summed E-state index contributed by atoms with van der Waals surface area (Å²) in [5.41, 5.74) is 2.14. The Hall–Kier alpha value is -2.71. The SMILES string of the molecule is COc1ccc(-c2nc(CN3CCN(c4ncccn4)CC3)cs2)cc1OC. The van der Waals surface area contributed by atoms with Gasteiger partial charge in [0.05, 0.1) is 19.9 Å². The third-order valence-corrected chi connectivity index (χ3v) is 5.72. The van der Waals surface area contributed by atoms with Crippen LogP contribution in [0, 0.1) is 0 Å². The summed E-state index contributed by atoms with van der Waals surface area (Å²) < 4.78 is 10.7. The van der Waals surface area contributed by atoms with Crippen LogP contribution < -0.4 is 14.4 Å². The summed E-state index contributed by atoms with van der Waals surface area (Å²) in [5.74, 6) is 2.26. The molecule has 8 heteroatoms. The summed E-state index contributed by atoms with van der Waals surface area (Å²) in [6.45, 7) is 4.66. The van der Waals surface area contributed by atoms with Crippen molar-refractivity contribution < 1.29 is 9.47 Å². The molecule has 28 heavy (non-hydrogen) atoms. The Bertz CT molecular complexity index is 910. The Balaban J connectivity index is 1.38. The van der Waals surface area contributed by atoms with Gasteiger partial charge in [0.1, 0.15) is 5.01 Å². The van der Waals surface area contributed by atoms with Crippen LogP contribution in [-0.2, 0) is 6.54 Å². The molecule has 0 spiro atoms. The molecule has 1 saturated heterocycles.